The van der Waals surface area contributed by atoms with Gasteiger partial charge >= 0.3 is 11.7 Å². The van der Waals surface area contributed by atoms with Gasteiger partial charge in [0.05, 0.1) is 16.1 Å². The number of carboxylic acids is 1. The van der Waals surface area contributed by atoms with E-state index in [1.54, 1.807) is 27.7 Å². The molecule has 4 N–H and O–H groups in total. The molecule has 1 atom stereocenters. The number of anilines is 2. The number of carbonyl (C=O) groups excluding carboxylic acids is 2. The number of nitrogens with zero attached hydrogens (tertiary/aromatic N) is 3. The number of hydrogen-bond donors (Lipinski definition) is 4. The van der Waals surface area contributed by atoms with Crippen LogP contribution in [0.3, 0.4) is 0 Å². The quantitative estimate of drug-likeness (QED) is 0.192. The van der Waals surface area contributed by atoms with E-state index in [4.69, 9.17) is 0 Å². The Morgan fingerprint density at radius 3 is 2.20 bits per heavy atom. The zero-order chi connectivity index (χ0) is 36.4. The first kappa shape index (κ1) is 36.1. The standard InChI is InChI=1S/C32H32F2N6O8S/c1-17-12-27(41)40(31(46)39(17)5)26-11-6-18(16-35-26)13-25(29(43)44)37-28(42)21-14-23(34)24(15-22(21)33)38-49(47,48)20-9-7-19(8-10-20)36-30(45)32(2,3)4/h6-12,14-16,25,38H,13H2,1-5H3,(H,36,45)(H,37,42)(H,43,44)/t25-/m0/s1. The van der Waals surface area contributed by atoms with Gasteiger partial charge in [-0.05, 0) is 48.9 Å². The molecule has 17 heteroatoms. The summed E-state index contributed by atoms with van der Waals surface area (Å²) in [5.41, 5.74) is -2.68. The Bertz CT molecular complexity index is 2180. The maximum absolute atomic E-state index is 15.0. The van der Waals surface area contributed by atoms with E-state index in [1.165, 1.54) is 48.1 Å². The van der Waals surface area contributed by atoms with Gasteiger partial charge in [0.15, 0.2) is 0 Å². The van der Waals surface area contributed by atoms with Crippen LogP contribution in [-0.2, 0) is 33.1 Å². The number of halogens is 2. The molecule has 4 aromatic rings. The average Bonchev–Trinajstić information content (AvgIpc) is 3.01. The van der Waals surface area contributed by atoms with Gasteiger partial charge in [-0.2, -0.15) is 0 Å². The van der Waals surface area contributed by atoms with E-state index in [0.717, 1.165) is 16.7 Å². The van der Waals surface area contributed by atoms with E-state index in [1.807, 2.05) is 4.72 Å². The molecular formula is C32H32F2N6O8S. The van der Waals surface area contributed by atoms with Crippen LogP contribution in [0.2, 0.25) is 0 Å². The van der Waals surface area contributed by atoms with E-state index < -0.39 is 67.5 Å². The van der Waals surface area contributed by atoms with Gasteiger partial charge in [0.25, 0.3) is 21.5 Å². The van der Waals surface area contributed by atoms with Crippen molar-refractivity contribution in [2.24, 2.45) is 12.5 Å². The van der Waals surface area contributed by atoms with Gasteiger partial charge in [-0.15, -0.1) is 0 Å². The zero-order valence-electron chi connectivity index (χ0n) is 26.9. The van der Waals surface area contributed by atoms with Gasteiger partial charge < -0.3 is 20.3 Å². The van der Waals surface area contributed by atoms with Crippen LogP contribution in [0.1, 0.15) is 42.4 Å². The maximum atomic E-state index is 15.0. The molecule has 2 aromatic carbocycles. The first-order chi connectivity index (χ1) is 22.8. The summed E-state index contributed by atoms with van der Waals surface area (Å²) in [4.78, 5) is 65.6. The van der Waals surface area contributed by atoms with Gasteiger partial charge in [0, 0.05) is 48.6 Å². The number of aliphatic carboxylic acids is 1. The SMILES string of the molecule is Cc1cc(=O)n(-c2ccc(C[C@H](NC(=O)c3cc(F)c(NS(=O)(=O)c4ccc(NC(=O)C(C)(C)C)cc4)cc3F)C(=O)O)cn2)c(=O)n1C. The number of pyridine rings is 1. The smallest absolute Gasteiger partial charge is 0.336 e. The van der Waals surface area contributed by atoms with Gasteiger partial charge in [0.2, 0.25) is 5.91 Å². The van der Waals surface area contributed by atoms with E-state index in [2.05, 4.69) is 15.6 Å². The van der Waals surface area contributed by atoms with Crippen molar-refractivity contribution in [1.29, 1.82) is 0 Å². The summed E-state index contributed by atoms with van der Waals surface area (Å²) >= 11 is 0. The molecule has 0 bridgehead atoms. The Morgan fingerprint density at radius 1 is 0.980 bits per heavy atom. The summed E-state index contributed by atoms with van der Waals surface area (Å²) in [5.74, 6) is -5.83. The molecular weight excluding hydrogens is 666 g/mol. The van der Waals surface area contributed by atoms with Crippen molar-refractivity contribution >= 4 is 39.2 Å². The van der Waals surface area contributed by atoms with Crippen LogP contribution in [0.25, 0.3) is 5.82 Å². The maximum Gasteiger partial charge on any atom is 0.336 e. The average molecular weight is 699 g/mol. The first-order valence-electron chi connectivity index (χ1n) is 14.5. The molecule has 0 aliphatic carbocycles. The van der Waals surface area contributed by atoms with Crippen molar-refractivity contribution in [3.05, 3.63) is 110 Å². The minimum absolute atomic E-state index is 0.0277. The highest BCUT2D eigenvalue weighted by Gasteiger charge is 2.26. The second kappa shape index (κ2) is 13.8. The highest BCUT2D eigenvalue weighted by molar-refractivity contribution is 7.92. The molecule has 2 aromatic heterocycles. The van der Waals surface area contributed by atoms with Crippen molar-refractivity contribution < 1.29 is 36.7 Å². The Hall–Kier alpha value is -5.71. The lowest BCUT2D eigenvalue weighted by atomic mass is 9.95. The van der Waals surface area contributed by atoms with Crippen molar-refractivity contribution in [2.45, 2.75) is 45.1 Å². The number of carboxylic acid groups (broad SMARTS) is 1. The summed E-state index contributed by atoms with van der Waals surface area (Å²) in [5, 5.41) is 14.4. The van der Waals surface area contributed by atoms with Crippen LogP contribution in [0.5, 0.6) is 0 Å². The number of hydrogen-bond acceptors (Lipinski definition) is 8. The number of benzene rings is 2. The van der Waals surface area contributed by atoms with Crippen LogP contribution >= 0.6 is 0 Å². The molecule has 2 amide bonds. The molecule has 4 rings (SSSR count). The highest BCUT2D eigenvalue weighted by Crippen LogP contribution is 2.25. The zero-order valence-corrected chi connectivity index (χ0v) is 27.7. The second-order valence-corrected chi connectivity index (χ2v) is 13.7. The molecule has 2 heterocycles. The minimum atomic E-state index is -4.44. The van der Waals surface area contributed by atoms with E-state index in [0.29, 0.717) is 23.5 Å². The molecule has 0 saturated heterocycles. The summed E-state index contributed by atoms with van der Waals surface area (Å²) in [6.45, 7) is 6.67. The van der Waals surface area contributed by atoms with Crippen molar-refractivity contribution in [3.8, 4) is 5.82 Å². The highest BCUT2D eigenvalue weighted by atomic mass is 32.2. The largest absolute Gasteiger partial charge is 0.480 e. The molecule has 0 unspecified atom stereocenters. The number of rotatable bonds is 10. The predicted molar refractivity (Wildman–Crippen MR) is 174 cm³/mol. The van der Waals surface area contributed by atoms with E-state index in [-0.39, 0.29) is 28.6 Å². The molecule has 49 heavy (non-hydrogen) atoms. The Morgan fingerprint density at radius 2 is 1.63 bits per heavy atom. The van der Waals surface area contributed by atoms with E-state index >= 15 is 4.39 Å². The third kappa shape index (κ3) is 8.24. The van der Waals surface area contributed by atoms with Gasteiger partial charge in [-0.1, -0.05) is 26.8 Å². The van der Waals surface area contributed by atoms with Gasteiger partial charge in [-0.25, -0.2) is 36.3 Å². The molecule has 0 aliphatic rings. The lowest BCUT2D eigenvalue weighted by Gasteiger charge is -2.18. The normalized spacial score (nSPS) is 12.2. The number of carbonyl (C=O) groups is 3. The topological polar surface area (TPSA) is 199 Å². The van der Waals surface area contributed by atoms with Crippen LogP contribution in [0, 0.1) is 24.0 Å². The van der Waals surface area contributed by atoms with Crippen LogP contribution in [0.4, 0.5) is 20.2 Å². The lowest BCUT2D eigenvalue weighted by molar-refractivity contribution is -0.139. The third-order valence-electron chi connectivity index (χ3n) is 7.29. The number of sulfonamides is 1. The van der Waals surface area contributed by atoms with Crippen molar-refractivity contribution in [2.75, 3.05) is 10.0 Å². The fraction of sp³-hybridized carbons (Fsp3) is 0.250. The van der Waals surface area contributed by atoms with Gasteiger partial charge in [-0.3, -0.25) is 19.1 Å². The predicted octanol–water partition coefficient (Wildman–Crippen LogP) is 2.73. The van der Waals surface area contributed by atoms with Crippen molar-refractivity contribution in [3.63, 3.8) is 0 Å². The monoisotopic (exact) mass is 698 g/mol. The minimum Gasteiger partial charge on any atom is -0.480 e. The number of nitrogens with one attached hydrogen (secondary N) is 3. The van der Waals surface area contributed by atoms with Crippen LogP contribution in [0.15, 0.2) is 75.3 Å². The summed E-state index contributed by atoms with van der Waals surface area (Å²) in [6, 6.07) is 8.08. The fourth-order valence-electron chi connectivity index (χ4n) is 4.33. The third-order valence-corrected chi connectivity index (χ3v) is 8.67. The Labute approximate surface area is 278 Å². The molecule has 0 radical (unpaired) electrons. The van der Waals surface area contributed by atoms with Crippen molar-refractivity contribution in [1.82, 2.24) is 19.4 Å². The van der Waals surface area contributed by atoms with Crippen LogP contribution < -0.4 is 26.6 Å². The first-order valence-corrected chi connectivity index (χ1v) is 16.0. The molecule has 0 spiro atoms. The summed E-state index contributed by atoms with van der Waals surface area (Å²) < 4.78 is 59.7. The molecule has 14 nitrogen and oxygen atoms in total. The number of amides is 2. The summed E-state index contributed by atoms with van der Waals surface area (Å²) in [7, 11) is -2.97. The number of aromatic nitrogens is 3. The second-order valence-electron chi connectivity index (χ2n) is 12.0. The Balaban J connectivity index is 1.47. The molecule has 258 valence electrons. The Kier molecular flexibility index (Phi) is 10.2. The van der Waals surface area contributed by atoms with Gasteiger partial charge in [0.1, 0.15) is 23.5 Å². The molecule has 0 aliphatic heterocycles. The summed E-state index contributed by atoms with van der Waals surface area (Å²) in [6.07, 6.45) is 0.829. The van der Waals surface area contributed by atoms with E-state index in [9.17, 15) is 41.9 Å². The molecule has 0 saturated carbocycles. The lowest BCUT2D eigenvalue weighted by Crippen LogP contribution is -2.42. The fourth-order valence-corrected chi connectivity index (χ4v) is 5.38. The molecule has 0 fully saturated rings. The number of aryl methyl sites for hydroxylation is 1. The van der Waals surface area contributed by atoms with Crippen LogP contribution in [-0.4, -0.2) is 51.5 Å².